The molecule has 1 atom stereocenters. The lowest BCUT2D eigenvalue weighted by atomic mass is 10.2. The predicted molar refractivity (Wildman–Crippen MR) is 68.9 cm³/mol. The fourth-order valence-corrected chi connectivity index (χ4v) is 2.84. The van der Waals surface area contributed by atoms with E-state index in [1.54, 1.807) is 17.0 Å². The number of carbonyl (C=O) groups excluding carboxylic acids is 1. The number of rotatable bonds is 2. The summed E-state index contributed by atoms with van der Waals surface area (Å²) in [5, 5.41) is 0. The summed E-state index contributed by atoms with van der Waals surface area (Å²) in [7, 11) is 0. The molecule has 1 saturated heterocycles. The molecule has 0 bridgehead atoms. The first-order valence-electron chi connectivity index (χ1n) is 5.46. The van der Waals surface area contributed by atoms with Crippen LogP contribution in [0.2, 0.25) is 0 Å². The van der Waals surface area contributed by atoms with Crippen LogP contribution in [-0.4, -0.2) is 29.3 Å². The van der Waals surface area contributed by atoms with Gasteiger partial charge in [-0.25, -0.2) is 4.39 Å². The summed E-state index contributed by atoms with van der Waals surface area (Å²) in [6, 6.07) is 4.56. The standard InChI is InChI=1S/C12H12BrClFNO/c13-11-9(4-1-5-10(11)15)12(17)16-6-2-3-8(16)7-14/h1,4-5,8H,2-3,6-7H2. The number of alkyl halides is 1. The largest absolute Gasteiger partial charge is 0.334 e. The van der Waals surface area contributed by atoms with Gasteiger partial charge in [-0.1, -0.05) is 6.07 Å². The Morgan fingerprint density at radius 1 is 1.59 bits per heavy atom. The van der Waals surface area contributed by atoms with Crippen molar-refractivity contribution in [3.63, 3.8) is 0 Å². The van der Waals surface area contributed by atoms with E-state index in [1.165, 1.54) is 6.07 Å². The zero-order chi connectivity index (χ0) is 12.4. The summed E-state index contributed by atoms with van der Waals surface area (Å²) in [5.74, 6) is -0.143. The van der Waals surface area contributed by atoms with Crippen LogP contribution >= 0.6 is 27.5 Å². The van der Waals surface area contributed by atoms with Crippen LogP contribution in [0.1, 0.15) is 23.2 Å². The maximum absolute atomic E-state index is 13.4. The van der Waals surface area contributed by atoms with Gasteiger partial charge in [0.25, 0.3) is 5.91 Å². The van der Waals surface area contributed by atoms with Crippen molar-refractivity contribution in [2.75, 3.05) is 12.4 Å². The number of benzene rings is 1. The van der Waals surface area contributed by atoms with Gasteiger partial charge in [0.05, 0.1) is 10.0 Å². The predicted octanol–water partition coefficient (Wildman–Crippen LogP) is 3.43. The number of hydrogen-bond donors (Lipinski definition) is 0. The van der Waals surface area contributed by atoms with Crippen LogP contribution < -0.4 is 0 Å². The third kappa shape index (κ3) is 2.47. The molecule has 1 aromatic rings. The Kier molecular flexibility index (Phi) is 4.05. The Morgan fingerprint density at radius 3 is 3.06 bits per heavy atom. The summed E-state index contributed by atoms with van der Waals surface area (Å²) in [6.07, 6.45) is 1.87. The molecular formula is C12H12BrClFNO. The molecule has 1 amide bonds. The molecule has 1 unspecified atom stereocenters. The van der Waals surface area contributed by atoms with Crippen molar-refractivity contribution in [1.82, 2.24) is 4.90 Å². The molecule has 1 heterocycles. The summed E-state index contributed by atoms with van der Waals surface area (Å²) < 4.78 is 13.6. The van der Waals surface area contributed by atoms with Crippen LogP contribution in [0.15, 0.2) is 22.7 Å². The van der Waals surface area contributed by atoms with Gasteiger partial charge in [0.1, 0.15) is 5.82 Å². The Hall–Kier alpha value is -0.610. The van der Waals surface area contributed by atoms with Crippen molar-refractivity contribution in [2.45, 2.75) is 18.9 Å². The van der Waals surface area contributed by atoms with Gasteiger partial charge in [-0.2, -0.15) is 0 Å². The van der Waals surface area contributed by atoms with E-state index in [9.17, 15) is 9.18 Å². The maximum Gasteiger partial charge on any atom is 0.255 e. The van der Waals surface area contributed by atoms with Crippen LogP contribution in [-0.2, 0) is 0 Å². The van der Waals surface area contributed by atoms with Gasteiger partial charge in [0.15, 0.2) is 0 Å². The van der Waals surface area contributed by atoms with Crippen LogP contribution in [0.25, 0.3) is 0 Å². The second-order valence-corrected chi connectivity index (χ2v) is 5.15. The molecule has 0 aromatic heterocycles. The molecule has 0 spiro atoms. The van der Waals surface area contributed by atoms with Crippen LogP contribution in [0, 0.1) is 5.82 Å². The van der Waals surface area contributed by atoms with E-state index in [4.69, 9.17) is 11.6 Å². The van der Waals surface area contributed by atoms with Crippen LogP contribution in [0.4, 0.5) is 4.39 Å². The minimum Gasteiger partial charge on any atom is -0.334 e. The molecule has 5 heteroatoms. The van der Waals surface area contributed by atoms with Crippen molar-refractivity contribution < 1.29 is 9.18 Å². The van der Waals surface area contributed by atoms with Gasteiger partial charge in [-0.3, -0.25) is 4.79 Å². The van der Waals surface area contributed by atoms with Gasteiger partial charge < -0.3 is 4.90 Å². The van der Waals surface area contributed by atoms with Crippen LogP contribution in [0.3, 0.4) is 0 Å². The first-order chi connectivity index (χ1) is 8.15. The highest BCUT2D eigenvalue weighted by molar-refractivity contribution is 9.10. The lowest BCUT2D eigenvalue weighted by molar-refractivity contribution is 0.0747. The van der Waals surface area contributed by atoms with Crippen molar-refractivity contribution in [3.8, 4) is 0 Å². The van der Waals surface area contributed by atoms with Crippen molar-refractivity contribution >= 4 is 33.4 Å². The molecule has 1 aliphatic rings. The lowest BCUT2D eigenvalue weighted by Gasteiger charge is -2.23. The number of likely N-dealkylation sites (tertiary alicyclic amines) is 1. The summed E-state index contributed by atoms with van der Waals surface area (Å²) in [6.45, 7) is 0.694. The molecule has 0 saturated carbocycles. The van der Waals surface area contributed by atoms with Crippen LogP contribution in [0.5, 0.6) is 0 Å². The van der Waals surface area contributed by atoms with E-state index in [2.05, 4.69) is 15.9 Å². The SMILES string of the molecule is O=C(c1cccc(F)c1Br)N1CCCC1CCl. The van der Waals surface area contributed by atoms with E-state index in [0.29, 0.717) is 18.0 Å². The first kappa shape index (κ1) is 12.8. The third-order valence-corrected chi connectivity index (χ3v) is 4.16. The first-order valence-corrected chi connectivity index (χ1v) is 6.79. The Morgan fingerprint density at radius 2 is 2.35 bits per heavy atom. The lowest BCUT2D eigenvalue weighted by Crippen LogP contribution is -2.36. The molecule has 1 fully saturated rings. The molecule has 0 radical (unpaired) electrons. The van der Waals surface area contributed by atoms with E-state index in [-0.39, 0.29) is 16.4 Å². The maximum atomic E-state index is 13.4. The van der Waals surface area contributed by atoms with Gasteiger partial charge in [0, 0.05) is 18.5 Å². The normalized spacial score (nSPS) is 19.7. The quantitative estimate of drug-likeness (QED) is 0.765. The van der Waals surface area contributed by atoms with E-state index < -0.39 is 5.82 Å². The minimum atomic E-state index is -0.419. The molecule has 2 rings (SSSR count). The fraction of sp³-hybridized carbons (Fsp3) is 0.417. The van der Waals surface area contributed by atoms with Gasteiger partial charge in [-0.15, -0.1) is 11.6 Å². The number of halogens is 3. The highest BCUT2D eigenvalue weighted by atomic mass is 79.9. The molecule has 1 aromatic carbocycles. The van der Waals surface area contributed by atoms with E-state index >= 15 is 0 Å². The zero-order valence-corrected chi connectivity index (χ0v) is 11.5. The second kappa shape index (κ2) is 5.36. The number of hydrogen-bond acceptors (Lipinski definition) is 1. The Labute approximate surface area is 113 Å². The average Bonchev–Trinajstić information content (AvgIpc) is 2.80. The molecule has 92 valence electrons. The highest BCUT2D eigenvalue weighted by Gasteiger charge is 2.29. The minimum absolute atomic E-state index is 0.0688. The molecule has 0 aliphatic carbocycles. The topological polar surface area (TPSA) is 20.3 Å². The molecule has 1 aliphatic heterocycles. The monoisotopic (exact) mass is 319 g/mol. The van der Waals surface area contributed by atoms with Crippen molar-refractivity contribution in [2.24, 2.45) is 0 Å². The smallest absolute Gasteiger partial charge is 0.255 e. The van der Waals surface area contributed by atoms with E-state index in [1.807, 2.05) is 0 Å². The summed E-state index contributed by atoms with van der Waals surface area (Å²) in [4.78, 5) is 14.0. The number of nitrogens with zero attached hydrogens (tertiary/aromatic N) is 1. The fourth-order valence-electron chi connectivity index (χ4n) is 2.09. The Balaban J connectivity index is 2.28. The second-order valence-electron chi connectivity index (χ2n) is 4.05. The molecule has 0 N–H and O–H groups in total. The average molecular weight is 321 g/mol. The van der Waals surface area contributed by atoms with Gasteiger partial charge in [0.2, 0.25) is 0 Å². The molecule has 17 heavy (non-hydrogen) atoms. The molecule has 2 nitrogen and oxygen atoms in total. The Bertz CT molecular complexity index is 441. The highest BCUT2D eigenvalue weighted by Crippen LogP contribution is 2.26. The third-order valence-electron chi connectivity index (χ3n) is 3.00. The number of carbonyl (C=O) groups is 1. The summed E-state index contributed by atoms with van der Waals surface area (Å²) in [5.41, 5.74) is 0.363. The van der Waals surface area contributed by atoms with E-state index in [0.717, 1.165) is 12.8 Å². The van der Waals surface area contributed by atoms with Gasteiger partial charge >= 0.3 is 0 Å². The van der Waals surface area contributed by atoms with Crippen molar-refractivity contribution in [3.05, 3.63) is 34.1 Å². The summed E-state index contributed by atoms with van der Waals surface area (Å²) >= 11 is 8.94. The van der Waals surface area contributed by atoms with Gasteiger partial charge in [-0.05, 0) is 40.9 Å². The van der Waals surface area contributed by atoms with Crippen molar-refractivity contribution in [1.29, 1.82) is 0 Å². The number of amides is 1. The zero-order valence-electron chi connectivity index (χ0n) is 9.13. The molecular weight excluding hydrogens is 308 g/mol.